The second kappa shape index (κ2) is 8.94. The highest BCUT2D eigenvalue weighted by Crippen LogP contribution is 2.32. The molecule has 0 aliphatic heterocycles. The van der Waals surface area contributed by atoms with Gasteiger partial charge in [-0.3, -0.25) is 4.79 Å². The molecule has 5 heteroatoms. The SMILES string of the molecule is C=CC(=O)Nc1ccc(C)c(O)c1CCCc1ccc(OC)c(OC)c1. The van der Waals surface area contributed by atoms with E-state index in [1.807, 2.05) is 31.2 Å². The summed E-state index contributed by atoms with van der Waals surface area (Å²) in [6.07, 6.45) is 3.46. The molecule has 0 fully saturated rings. The Hall–Kier alpha value is -2.95. The number of hydrogen-bond donors (Lipinski definition) is 2. The summed E-state index contributed by atoms with van der Waals surface area (Å²) >= 11 is 0. The number of anilines is 1. The maximum atomic E-state index is 11.6. The van der Waals surface area contributed by atoms with Gasteiger partial charge in [0.15, 0.2) is 11.5 Å². The van der Waals surface area contributed by atoms with Crippen molar-refractivity contribution in [3.63, 3.8) is 0 Å². The number of hydrogen-bond acceptors (Lipinski definition) is 4. The van der Waals surface area contributed by atoms with E-state index in [-0.39, 0.29) is 11.7 Å². The lowest BCUT2D eigenvalue weighted by molar-refractivity contribution is -0.111. The molecule has 2 aromatic rings. The van der Waals surface area contributed by atoms with E-state index in [0.717, 1.165) is 29.5 Å². The monoisotopic (exact) mass is 355 g/mol. The highest BCUT2D eigenvalue weighted by Gasteiger charge is 2.12. The number of amides is 1. The number of phenolic OH excluding ortho intramolecular Hbond substituents is 1. The predicted octanol–water partition coefficient (Wildman–Crippen LogP) is 4.02. The average Bonchev–Trinajstić information content (AvgIpc) is 2.66. The molecule has 0 radical (unpaired) electrons. The Labute approximate surface area is 154 Å². The molecule has 0 heterocycles. The van der Waals surface area contributed by atoms with Crippen molar-refractivity contribution >= 4 is 11.6 Å². The van der Waals surface area contributed by atoms with E-state index in [9.17, 15) is 9.90 Å². The molecule has 0 aliphatic rings. The van der Waals surface area contributed by atoms with Crippen molar-refractivity contribution in [3.05, 3.63) is 59.7 Å². The van der Waals surface area contributed by atoms with Crippen molar-refractivity contribution in [3.8, 4) is 17.2 Å². The maximum Gasteiger partial charge on any atom is 0.247 e. The first-order valence-corrected chi connectivity index (χ1v) is 8.46. The Morgan fingerprint density at radius 3 is 2.54 bits per heavy atom. The summed E-state index contributed by atoms with van der Waals surface area (Å²) < 4.78 is 10.6. The quantitative estimate of drug-likeness (QED) is 0.702. The molecule has 0 spiro atoms. The van der Waals surface area contributed by atoms with Gasteiger partial charge in [0, 0.05) is 11.3 Å². The molecule has 2 N–H and O–H groups in total. The number of nitrogens with one attached hydrogen (secondary N) is 1. The first-order valence-electron chi connectivity index (χ1n) is 8.46. The summed E-state index contributed by atoms with van der Waals surface area (Å²) in [5.74, 6) is 1.32. The van der Waals surface area contributed by atoms with Crippen molar-refractivity contribution in [2.45, 2.75) is 26.2 Å². The lowest BCUT2D eigenvalue weighted by Gasteiger charge is -2.14. The van der Waals surface area contributed by atoms with Crippen LogP contribution in [0.25, 0.3) is 0 Å². The predicted molar refractivity (Wildman–Crippen MR) is 103 cm³/mol. The zero-order valence-corrected chi connectivity index (χ0v) is 15.5. The third-order valence-corrected chi connectivity index (χ3v) is 4.27. The number of rotatable bonds is 8. The summed E-state index contributed by atoms with van der Waals surface area (Å²) in [4.78, 5) is 11.6. The third-order valence-electron chi connectivity index (χ3n) is 4.27. The summed E-state index contributed by atoms with van der Waals surface area (Å²) in [5, 5.41) is 13.2. The van der Waals surface area contributed by atoms with Gasteiger partial charge < -0.3 is 19.9 Å². The van der Waals surface area contributed by atoms with E-state index < -0.39 is 0 Å². The zero-order chi connectivity index (χ0) is 19.1. The molecular formula is C21H25NO4. The molecule has 0 atom stereocenters. The van der Waals surface area contributed by atoms with Crippen molar-refractivity contribution in [2.75, 3.05) is 19.5 Å². The van der Waals surface area contributed by atoms with E-state index in [0.29, 0.717) is 23.6 Å². The van der Waals surface area contributed by atoms with Gasteiger partial charge in [-0.15, -0.1) is 0 Å². The normalized spacial score (nSPS) is 10.3. The maximum absolute atomic E-state index is 11.6. The molecule has 26 heavy (non-hydrogen) atoms. The highest BCUT2D eigenvalue weighted by atomic mass is 16.5. The summed E-state index contributed by atoms with van der Waals surface area (Å²) in [7, 11) is 3.22. The minimum atomic E-state index is -0.297. The molecule has 0 bridgehead atoms. The number of aryl methyl sites for hydroxylation is 2. The topological polar surface area (TPSA) is 67.8 Å². The number of carbonyl (C=O) groups is 1. The Bertz CT molecular complexity index is 799. The van der Waals surface area contributed by atoms with Crippen LogP contribution >= 0.6 is 0 Å². The van der Waals surface area contributed by atoms with Crippen LogP contribution in [0.5, 0.6) is 17.2 Å². The standard InChI is InChI=1S/C21H25NO4/c1-5-20(23)22-17-11-9-14(2)21(24)16(17)8-6-7-15-10-12-18(25-3)19(13-15)26-4/h5,9-13,24H,1,6-8H2,2-4H3,(H,22,23). The van der Waals surface area contributed by atoms with Gasteiger partial charge >= 0.3 is 0 Å². The molecule has 0 saturated carbocycles. The fourth-order valence-electron chi connectivity index (χ4n) is 2.81. The Balaban J connectivity index is 2.13. The van der Waals surface area contributed by atoms with Crippen LogP contribution in [0, 0.1) is 6.92 Å². The van der Waals surface area contributed by atoms with Crippen molar-refractivity contribution in [1.29, 1.82) is 0 Å². The number of methoxy groups -OCH3 is 2. The van der Waals surface area contributed by atoms with Crippen LogP contribution in [-0.2, 0) is 17.6 Å². The number of aromatic hydroxyl groups is 1. The van der Waals surface area contributed by atoms with Crippen LogP contribution in [-0.4, -0.2) is 25.2 Å². The van der Waals surface area contributed by atoms with E-state index >= 15 is 0 Å². The van der Waals surface area contributed by atoms with E-state index in [1.165, 1.54) is 6.08 Å². The number of phenols is 1. The summed E-state index contributed by atoms with van der Waals surface area (Å²) in [5.41, 5.74) is 3.25. The second-order valence-electron chi connectivity index (χ2n) is 5.99. The molecule has 5 nitrogen and oxygen atoms in total. The second-order valence-corrected chi connectivity index (χ2v) is 5.99. The molecular weight excluding hydrogens is 330 g/mol. The first-order chi connectivity index (χ1) is 12.5. The van der Waals surface area contributed by atoms with Crippen LogP contribution in [0.3, 0.4) is 0 Å². The van der Waals surface area contributed by atoms with E-state index in [1.54, 1.807) is 20.3 Å². The average molecular weight is 355 g/mol. The van der Waals surface area contributed by atoms with Gasteiger partial charge in [0.1, 0.15) is 5.75 Å². The van der Waals surface area contributed by atoms with Crippen molar-refractivity contribution in [1.82, 2.24) is 0 Å². The Morgan fingerprint density at radius 1 is 1.15 bits per heavy atom. The lowest BCUT2D eigenvalue weighted by atomic mass is 9.99. The van der Waals surface area contributed by atoms with Gasteiger partial charge in [0.2, 0.25) is 5.91 Å². The smallest absolute Gasteiger partial charge is 0.247 e. The summed E-state index contributed by atoms with van der Waals surface area (Å²) in [6, 6.07) is 9.43. The van der Waals surface area contributed by atoms with Gasteiger partial charge in [-0.25, -0.2) is 0 Å². The molecule has 0 aromatic heterocycles. The molecule has 2 aromatic carbocycles. The van der Waals surface area contributed by atoms with Crippen LogP contribution in [0.2, 0.25) is 0 Å². The molecule has 0 aliphatic carbocycles. The number of ether oxygens (including phenoxy) is 2. The number of carbonyl (C=O) groups excluding carboxylic acids is 1. The number of benzene rings is 2. The molecule has 2 rings (SSSR count). The Morgan fingerprint density at radius 2 is 1.88 bits per heavy atom. The van der Waals surface area contributed by atoms with E-state index in [2.05, 4.69) is 11.9 Å². The first kappa shape index (κ1) is 19.4. The van der Waals surface area contributed by atoms with E-state index in [4.69, 9.17) is 9.47 Å². The van der Waals surface area contributed by atoms with Crippen molar-refractivity contribution in [2.24, 2.45) is 0 Å². The zero-order valence-electron chi connectivity index (χ0n) is 15.5. The molecule has 138 valence electrons. The van der Waals surface area contributed by atoms with Gasteiger partial charge in [0.05, 0.1) is 14.2 Å². The Kier molecular flexibility index (Phi) is 6.67. The molecule has 0 unspecified atom stereocenters. The molecule has 1 amide bonds. The largest absolute Gasteiger partial charge is 0.507 e. The van der Waals surface area contributed by atoms with Crippen LogP contribution in [0.15, 0.2) is 43.0 Å². The van der Waals surface area contributed by atoms with Gasteiger partial charge in [0.25, 0.3) is 0 Å². The minimum Gasteiger partial charge on any atom is -0.507 e. The fourth-order valence-corrected chi connectivity index (χ4v) is 2.81. The van der Waals surface area contributed by atoms with Crippen LogP contribution < -0.4 is 14.8 Å². The third kappa shape index (κ3) is 4.57. The van der Waals surface area contributed by atoms with Gasteiger partial charge in [-0.05, 0) is 61.6 Å². The van der Waals surface area contributed by atoms with Crippen LogP contribution in [0.1, 0.15) is 23.1 Å². The van der Waals surface area contributed by atoms with Gasteiger partial charge in [-0.2, -0.15) is 0 Å². The highest BCUT2D eigenvalue weighted by molar-refractivity contribution is 5.99. The van der Waals surface area contributed by atoms with Crippen molar-refractivity contribution < 1.29 is 19.4 Å². The minimum absolute atomic E-state index is 0.221. The van der Waals surface area contributed by atoms with Crippen LogP contribution in [0.4, 0.5) is 5.69 Å². The molecule has 0 saturated heterocycles. The lowest BCUT2D eigenvalue weighted by Crippen LogP contribution is -2.10. The summed E-state index contributed by atoms with van der Waals surface area (Å²) in [6.45, 7) is 5.30. The fraction of sp³-hybridized carbons (Fsp3) is 0.286. The van der Waals surface area contributed by atoms with Gasteiger partial charge in [-0.1, -0.05) is 18.7 Å².